The Kier molecular flexibility index (Phi) is 5.02. The fraction of sp³-hybridized carbons (Fsp3) is 0.188. The number of likely N-dealkylation sites (tertiary alicyclic amines) is 1. The highest BCUT2D eigenvalue weighted by Crippen LogP contribution is 2.24. The number of nitrogens with one attached hydrogen (secondary N) is 2. The molecule has 130 valence electrons. The maximum absolute atomic E-state index is 14.0. The van der Waals surface area contributed by atoms with E-state index in [1.165, 1.54) is 23.4 Å². The van der Waals surface area contributed by atoms with Crippen LogP contribution in [0.3, 0.4) is 0 Å². The van der Waals surface area contributed by atoms with Crippen LogP contribution < -0.4 is 10.6 Å². The van der Waals surface area contributed by atoms with Crippen LogP contribution in [0.25, 0.3) is 0 Å². The highest BCUT2D eigenvalue weighted by Gasteiger charge is 2.32. The zero-order valence-electron chi connectivity index (χ0n) is 12.9. The Hall–Kier alpha value is -2.43. The molecular formula is C16H14FIN4O3. The Balaban J connectivity index is 1.72. The quantitative estimate of drug-likeness (QED) is 0.616. The highest BCUT2D eigenvalue weighted by atomic mass is 127. The van der Waals surface area contributed by atoms with E-state index < -0.39 is 17.8 Å². The van der Waals surface area contributed by atoms with Gasteiger partial charge in [0, 0.05) is 29.1 Å². The van der Waals surface area contributed by atoms with E-state index in [4.69, 9.17) is 5.11 Å². The van der Waals surface area contributed by atoms with Crippen LogP contribution in [0.2, 0.25) is 0 Å². The number of aromatic nitrogens is 1. The lowest BCUT2D eigenvalue weighted by molar-refractivity contribution is 0.0768. The Morgan fingerprint density at radius 2 is 2.04 bits per heavy atom. The van der Waals surface area contributed by atoms with Crippen LogP contribution in [-0.4, -0.2) is 46.1 Å². The molecule has 0 spiro atoms. The van der Waals surface area contributed by atoms with E-state index in [9.17, 15) is 14.0 Å². The van der Waals surface area contributed by atoms with Gasteiger partial charge in [0.1, 0.15) is 5.82 Å². The van der Waals surface area contributed by atoms with Gasteiger partial charge in [-0.25, -0.2) is 9.18 Å². The average molecular weight is 456 g/mol. The predicted molar refractivity (Wildman–Crippen MR) is 97.5 cm³/mol. The number of hydrogen-bond acceptors (Lipinski definition) is 4. The number of nitrogens with zero attached hydrogens (tertiary/aromatic N) is 2. The van der Waals surface area contributed by atoms with Crippen molar-refractivity contribution in [3.05, 3.63) is 51.6 Å². The average Bonchev–Trinajstić information content (AvgIpc) is 2.53. The zero-order valence-corrected chi connectivity index (χ0v) is 15.0. The van der Waals surface area contributed by atoms with Crippen molar-refractivity contribution in [1.29, 1.82) is 0 Å². The van der Waals surface area contributed by atoms with Gasteiger partial charge in [0.2, 0.25) is 0 Å². The smallest absolute Gasteiger partial charge is 0.407 e. The molecule has 2 heterocycles. The minimum atomic E-state index is -1.01. The normalized spacial score (nSPS) is 13.9. The van der Waals surface area contributed by atoms with Gasteiger partial charge in [-0.05, 0) is 46.9 Å². The SMILES string of the molecule is O=C(NC1CN(C(=O)O)C1)c1cnccc1Nc1ccc(I)cc1F. The monoisotopic (exact) mass is 456 g/mol. The number of rotatable bonds is 4. The maximum atomic E-state index is 14.0. The summed E-state index contributed by atoms with van der Waals surface area (Å²) in [6.07, 6.45) is 1.87. The van der Waals surface area contributed by atoms with Crippen molar-refractivity contribution in [3.63, 3.8) is 0 Å². The highest BCUT2D eigenvalue weighted by molar-refractivity contribution is 14.1. The van der Waals surface area contributed by atoms with Gasteiger partial charge in [-0.15, -0.1) is 0 Å². The van der Waals surface area contributed by atoms with Crippen LogP contribution in [0.5, 0.6) is 0 Å². The van der Waals surface area contributed by atoms with E-state index in [1.54, 1.807) is 18.2 Å². The molecule has 3 N–H and O–H groups in total. The van der Waals surface area contributed by atoms with Crippen molar-refractivity contribution in [2.45, 2.75) is 6.04 Å². The van der Waals surface area contributed by atoms with Crippen molar-refractivity contribution >= 4 is 46.0 Å². The van der Waals surface area contributed by atoms with Crippen LogP contribution in [0, 0.1) is 9.39 Å². The van der Waals surface area contributed by atoms with E-state index in [0.29, 0.717) is 5.69 Å². The lowest BCUT2D eigenvalue weighted by Gasteiger charge is -2.37. The van der Waals surface area contributed by atoms with Gasteiger partial charge >= 0.3 is 6.09 Å². The number of carbonyl (C=O) groups is 2. The fourth-order valence-electron chi connectivity index (χ4n) is 2.41. The van der Waals surface area contributed by atoms with Gasteiger partial charge in [0.15, 0.2) is 0 Å². The molecule has 0 bridgehead atoms. The molecule has 0 unspecified atom stereocenters. The summed E-state index contributed by atoms with van der Waals surface area (Å²) in [5.41, 5.74) is 0.928. The summed E-state index contributed by atoms with van der Waals surface area (Å²) in [6.45, 7) is 0.492. The van der Waals surface area contributed by atoms with Gasteiger partial charge in [-0.2, -0.15) is 0 Å². The molecule has 0 saturated carbocycles. The summed E-state index contributed by atoms with van der Waals surface area (Å²) in [5.74, 6) is -0.817. The first kappa shape index (κ1) is 17.4. The lowest BCUT2D eigenvalue weighted by Crippen LogP contribution is -2.60. The van der Waals surface area contributed by atoms with E-state index in [0.717, 1.165) is 3.57 Å². The minimum absolute atomic E-state index is 0.244. The molecular weight excluding hydrogens is 442 g/mol. The number of benzene rings is 1. The molecule has 9 heteroatoms. The van der Waals surface area contributed by atoms with E-state index in [1.807, 2.05) is 22.6 Å². The summed E-state index contributed by atoms with van der Waals surface area (Å²) < 4.78 is 14.8. The Morgan fingerprint density at radius 3 is 2.72 bits per heavy atom. The van der Waals surface area contributed by atoms with E-state index in [-0.39, 0.29) is 30.4 Å². The molecule has 7 nitrogen and oxygen atoms in total. The van der Waals surface area contributed by atoms with Crippen molar-refractivity contribution in [3.8, 4) is 0 Å². The molecule has 1 aromatic heterocycles. The summed E-state index contributed by atoms with van der Waals surface area (Å²) in [7, 11) is 0. The third-order valence-electron chi connectivity index (χ3n) is 3.75. The summed E-state index contributed by atoms with van der Waals surface area (Å²) in [4.78, 5) is 28.3. The molecule has 2 amide bonds. The summed E-state index contributed by atoms with van der Waals surface area (Å²) in [5, 5.41) is 14.5. The molecule has 1 fully saturated rings. The van der Waals surface area contributed by atoms with Gasteiger partial charge < -0.3 is 20.6 Å². The standard InChI is InChI=1S/C16H14FIN4O3/c17-12-5-9(18)1-2-14(12)21-13-3-4-19-6-11(13)15(23)20-10-7-22(8-10)16(24)25/h1-6,10H,7-8H2,(H,19,21)(H,20,23)(H,24,25). The number of anilines is 2. The van der Waals surface area contributed by atoms with Crippen molar-refractivity contribution in [1.82, 2.24) is 15.2 Å². The van der Waals surface area contributed by atoms with Crippen LogP contribution in [0.15, 0.2) is 36.7 Å². The molecule has 2 aromatic rings. The summed E-state index contributed by atoms with van der Waals surface area (Å²) in [6, 6.07) is 6.07. The number of pyridine rings is 1. The van der Waals surface area contributed by atoms with Crippen LogP contribution in [0.1, 0.15) is 10.4 Å². The zero-order chi connectivity index (χ0) is 18.0. The molecule has 0 radical (unpaired) electrons. The van der Waals surface area contributed by atoms with Gasteiger partial charge in [-0.3, -0.25) is 9.78 Å². The first-order valence-corrected chi connectivity index (χ1v) is 8.46. The molecule has 1 aliphatic rings. The molecule has 1 saturated heterocycles. The molecule has 0 aliphatic carbocycles. The van der Waals surface area contributed by atoms with Gasteiger partial charge in [-0.1, -0.05) is 0 Å². The van der Waals surface area contributed by atoms with Gasteiger partial charge in [0.25, 0.3) is 5.91 Å². The predicted octanol–water partition coefficient (Wildman–Crippen LogP) is 2.66. The molecule has 25 heavy (non-hydrogen) atoms. The fourth-order valence-corrected chi connectivity index (χ4v) is 2.86. The maximum Gasteiger partial charge on any atom is 0.407 e. The summed E-state index contributed by atoms with van der Waals surface area (Å²) >= 11 is 2.01. The number of carboxylic acid groups (broad SMARTS) is 1. The van der Waals surface area contributed by atoms with Crippen molar-refractivity contribution < 1.29 is 19.1 Å². The van der Waals surface area contributed by atoms with Gasteiger partial charge in [0.05, 0.1) is 23.0 Å². The first-order chi connectivity index (χ1) is 11.9. The third kappa shape index (κ3) is 3.98. The Bertz CT molecular complexity index is 827. The van der Waals surface area contributed by atoms with Crippen LogP contribution in [0.4, 0.5) is 20.6 Å². The lowest BCUT2D eigenvalue weighted by atomic mass is 10.1. The second kappa shape index (κ2) is 7.21. The topological polar surface area (TPSA) is 94.6 Å². The molecule has 3 rings (SSSR count). The number of amides is 2. The number of hydrogen-bond donors (Lipinski definition) is 3. The third-order valence-corrected chi connectivity index (χ3v) is 4.42. The second-order valence-electron chi connectivity index (χ2n) is 5.53. The van der Waals surface area contributed by atoms with Crippen molar-refractivity contribution in [2.24, 2.45) is 0 Å². The molecule has 0 atom stereocenters. The van der Waals surface area contributed by atoms with E-state index in [2.05, 4.69) is 15.6 Å². The Labute approximate surface area is 156 Å². The minimum Gasteiger partial charge on any atom is -0.465 e. The van der Waals surface area contributed by atoms with Crippen LogP contribution in [-0.2, 0) is 0 Å². The molecule has 1 aromatic carbocycles. The number of carbonyl (C=O) groups excluding carboxylic acids is 1. The molecule has 1 aliphatic heterocycles. The van der Waals surface area contributed by atoms with E-state index >= 15 is 0 Å². The van der Waals surface area contributed by atoms with Crippen molar-refractivity contribution in [2.75, 3.05) is 18.4 Å². The van der Waals surface area contributed by atoms with Crippen LogP contribution >= 0.6 is 22.6 Å². The number of halogens is 2. The second-order valence-corrected chi connectivity index (χ2v) is 6.77. The first-order valence-electron chi connectivity index (χ1n) is 7.39. The Morgan fingerprint density at radius 1 is 1.28 bits per heavy atom. The largest absolute Gasteiger partial charge is 0.465 e.